The molecule has 80 valence electrons. The minimum atomic E-state index is -0.0569. The van der Waals surface area contributed by atoms with Crippen molar-refractivity contribution in [2.75, 3.05) is 5.32 Å². The van der Waals surface area contributed by atoms with Gasteiger partial charge in [-0.2, -0.15) is 0 Å². The van der Waals surface area contributed by atoms with E-state index >= 15 is 0 Å². The van der Waals surface area contributed by atoms with Gasteiger partial charge in [0.15, 0.2) is 0 Å². The summed E-state index contributed by atoms with van der Waals surface area (Å²) in [6.07, 6.45) is 0. The summed E-state index contributed by atoms with van der Waals surface area (Å²) in [5.74, 6) is -0.0569. The van der Waals surface area contributed by atoms with Gasteiger partial charge in [0.05, 0.1) is 15.6 Å². The molecule has 0 unspecified atom stereocenters. The monoisotopic (exact) mass is 267 g/mol. The zero-order chi connectivity index (χ0) is 11.1. The van der Waals surface area contributed by atoms with Crippen LogP contribution in [0.4, 0.5) is 5.69 Å². The number of carbonyl (C=O) groups is 1. The number of fused-ring (bicyclic) bond motifs is 2. The maximum absolute atomic E-state index is 11.9. The fraction of sp³-hybridized carbons (Fsp3) is 0. The Morgan fingerprint density at radius 1 is 1.25 bits per heavy atom. The van der Waals surface area contributed by atoms with E-state index < -0.39 is 0 Å². The second-order valence-electron chi connectivity index (χ2n) is 3.29. The molecule has 0 spiro atoms. The van der Waals surface area contributed by atoms with Crippen LogP contribution in [0.25, 0.3) is 0 Å². The van der Waals surface area contributed by atoms with Crippen molar-refractivity contribution in [3.05, 3.63) is 39.5 Å². The minimum absolute atomic E-state index is 0.0569. The van der Waals surface area contributed by atoms with Gasteiger partial charge in [-0.1, -0.05) is 29.4 Å². The quantitative estimate of drug-likeness (QED) is 0.778. The molecule has 2 nitrogen and oxygen atoms in total. The van der Waals surface area contributed by atoms with Gasteiger partial charge >= 0.3 is 0 Å². The van der Waals surface area contributed by atoms with Crippen LogP contribution in [0.15, 0.2) is 39.4 Å². The van der Waals surface area contributed by atoms with E-state index in [1.807, 2.05) is 29.6 Å². The number of nitrogens with one attached hydrogen (secondary N) is 1. The molecule has 0 atom stereocenters. The molecule has 1 N–H and O–H groups in total. The summed E-state index contributed by atoms with van der Waals surface area (Å²) in [7, 11) is 0. The van der Waals surface area contributed by atoms with Gasteiger partial charge in [-0.25, -0.2) is 0 Å². The molecular formula is C11H6ClNOS2. The highest BCUT2D eigenvalue weighted by Gasteiger charge is 2.22. The van der Waals surface area contributed by atoms with Crippen LogP contribution in [-0.2, 0) is 0 Å². The molecule has 1 aromatic heterocycles. The van der Waals surface area contributed by atoms with E-state index in [4.69, 9.17) is 11.6 Å². The summed E-state index contributed by atoms with van der Waals surface area (Å²) in [4.78, 5) is 14.5. The first-order valence-corrected chi connectivity index (χ1v) is 6.68. The van der Waals surface area contributed by atoms with Crippen LogP contribution in [0, 0.1) is 0 Å². The zero-order valence-electron chi connectivity index (χ0n) is 7.99. The largest absolute Gasteiger partial charge is 0.320 e. The number of rotatable bonds is 0. The molecule has 0 aliphatic carbocycles. The molecular weight excluding hydrogens is 262 g/mol. The Kier molecular flexibility index (Phi) is 2.42. The van der Waals surface area contributed by atoms with Crippen LogP contribution >= 0.6 is 34.7 Å². The Labute approximate surface area is 106 Å². The molecule has 16 heavy (non-hydrogen) atoms. The molecule has 1 aliphatic heterocycles. The fourth-order valence-corrected chi connectivity index (χ4v) is 3.81. The van der Waals surface area contributed by atoms with Gasteiger partial charge in [-0.05, 0) is 23.6 Å². The standard InChI is InChI=1S/C11H6ClNOS2/c12-6-2-1-3-7-9(6)16-8-4-5-15-10(8)11(14)13-7/h1-5H,(H,13,14). The molecule has 3 rings (SSSR count). The molecule has 0 fully saturated rings. The maximum Gasteiger partial charge on any atom is 0.266 e. The number of hydrogen-bond acceptors (Lipinski definition) is 3. The van der Waals surface area contributed by atoms with Gasteiger partial charge in [0.2, 0.25) is 0 Å². The van der Waals surface area contributed by atoms with Gasteiger partial charge in [0.25, 0.3) is 5.91 Å². The zero-order valence-corrected chi connectivity index (χ0v) is 10.4. The third-order valence-electron chi connectivity index (χ3n) is 2.26. The summed E-state index contributed by atoms with van der Waals surface area (Å²) in [5, 5.41) is 5.46. The van der Waals surface area contributed by atoms with Crippen molar-refractivity contribution >= 4 is 46.3 Å². The summed E-state index contributed by atoms with van der Waals surface area (Å²) >= 11 is 9.11. The molecule has 1 amide bonds. The maximum atomic E-state index is 11.9. The molecule has 5 heteroatoms. The van der Waals surface area contributed by atoms with E-state index in [1.54, 1.807) is 0 Å². The molecule has 2 heterocycles. The number of thiophene rings is 1. The van der Waals surface area contributed by atoms with E-state index in [2.05, 4.69) is 5.32 Å². The lowest BCUT2D eigenvalue weighted by Crippen LogP contribution is -2.09. The SMILES string of the molecule is O=C1Nc2cccc(Cl)c2Sc2ccsc21. The average Bonchev–Trinajstić information content (AvgIpc) is 2.66. The molecule has 1 aliphatic rings. The van der Waals surface area contributed by atoms with E-state index in [0.29, 0.717) is 5.02 Å². The average molecular weight is 268 g/mol. The van der Waals surface area contributed by atoms with Gasteiger partial charge in [-0.3, -0.25) is 4.79 Å². The third-order valence-corrected chi connectivity index (χ3v) is 4.94. The van der Waals surface area contributed by atoms with E-state index in [1.165, 1.54) is 23.1 Å². The van der Waals surface area contributed by atoms with Crippen molar-refractivity contribution in [2.24, 2.45) is 0 Å². The van der Waals surface area contributed by atoms with Gasteiger partial charge in [-0.15, -0.1) is 11.3 Å². The Hall–Kier alpha value is -0.970. The lowest BCUT2D eigenvalue weighted by molar-refractivity contribution is 0.102. The van der Waals surface area contributed by atoms with E-state index in [9.17, 15) is 4.79 Å². The Morgan fingerprint density at radius 3 is 3.00 bits per heavy atom. The Balaban J connectivity index is 2.21. The molecule has 0 saturated heterocycles. The second-order valence-corrected chi connectivity index (χ2v) is 5.66. The Morgan fingerprint density at radius 2 is 2.12 bits per heavy atom. The number of carbonyl (C=O) groups excluding carboxylic acids is 1. The number of benzene rings is 1. The number of anilines is 1. The van der Waals surface area contributed by atoms with Crippen molar-refractivity contribution in [1.82, 2.24) is 0 Å². The normalized spacial score (nSPS) is 13.7. The number of amides is 1. The lowest BCUT2D eigenvalue weighted by atomic mass is 10.3. The van der Waals surface area contributed by atoms with Gasteiger partial charge in [0.1, 0.15) is 4.88 Å². The van der Waals surface area contributed by atoms with E-state index in [-0.39, 0.29) is 5.91 Å². The molecule has 1 aromatic carbocycles. The van der Waals surface area contributed by atoms with E-state index in [0.717, 1.165) is 20.4 Å². The first-order chi connectivity index (χ1) is 7.75. The fourth-order valence-electron chi connectivity index (χ4n) is 1.54. The predicted octanol–water partition coefficient (Wildman–Crippen LogP) is 4.12. The summed E-state index contributed by atoms with van der Waals surface area (Å²) in [6, 6.07) is 7.48. The molecule has 0 bridgehead atoms. The first-order valence-electron chi connectivity index (χ1n) is 4.61. The highest BCUT2D eigenvalue weighted by atomic mass is 35.5. The molecule has 2 aromatic rings. The smallest absolute Gasteiger partial charge is 0.266 e. The highest BCUT2D eigenvalue weighted by Crippen LogP contribution is 2.43. The van der Waals surface area contributed by atoms with Crippen molar-refractivity contribution < 1.29 is 4.79 Å². The summed E-state index contributed by atoms with van der Waals surface area (Å²) in [6.45, 7) is 0. The van der Waals surface area contributed by atoms with Crippen LogP contribution in [0.5, 0.6) is 0 Å². The van der Waals surface area contributed by atoms with Crippen LogP contribution in [0.2, 0.25) is 5.02 Å². The van der Waals surface area contributed by atoms with Crippen molar-refractivity contribution in [3.63, 3.8) is 0 Å². The van der Waals surface area contributed by atoms with Gasteiger partial charge in [0, 0.05) is 4.90 Å². The minimum Gasteiger partial charge on any atom is -0.320 e. The van der Waals surface area contributed by atoms with Crippen LogP contribution in [0.3, 0.4) is 0 Å². The predicted molar refractivity (Wildman–Crippen MR) is 67.8 cm³/mol. The molecule has 0 saturated carbocycles. The second kappa shape index (κ2) is 3.80. The Bertz CT molecular complexity index is 579. The van der Waals surface area contributed by atoms with Crippen LogP contribution in [0.1, 0.15) is 9.67 Å². The first kappa shape index (κ1) is 10.2. The summed E-state index contributed by atoms with van der Waals surface area (Å²) < 4.78 is 0. The van der Waals surface area contributed by atoms with Crippen molar-refractivity contribution in [2.45, 2.75) is 9.79 Å². The third kappa shape index (κ3) is 1.54. The number of hydrogen-bond donors (Lipinski definition) is 1. The molecule has 0 radical (unpaired) electrons. The van der Waals surface area contributed by atoms with Crippen LogP contribution < -0.4 is 5.32 Å². The lowest BCUT2D eigenvalue weighted by Gasteiger charge is -2.06. The highest BCUT2D eigenvalue weighted by molar-refractivity contribution is 7.99. The summed E-state index contributed by atoms with van der Waals surface area (Å²) in [5.41, 5.74) is 0.783. The number of halogens is 1. The topological polar surface area (TPSA) is 29.1 Å². The van der Waals surface area contributed by atoms with Crippen molar-refractivity contribution in [1.29, 1.82) is 0 Å². The van der Waals surface area contributed by atoms with Crippen LogP contribution in [-0.4, -0.2) is 5.91 Å². The van der Waals surface area contributed by atoms with Gasteiger partial charge < -0.3 is 5.32 Å². The van der Waals surface area contributed by atoms with Crippen molar-refractivity contribution in [3.8, 4) is 0 Å².